The van der Waals surface area contributed by atoms with Crippen molar-refractivity contribution < 1.29 is 34.2 Å². The van der Waals surface area contributed by atoms with Crippen LogP contribution in [0, 0.1) is 5.92 Å². The van der Waals surface area contributed by atoms with Gasteiger partial charge in [-0.25, -0.2) is 0 Å². The first-order chi connectivity index (χ1) is 14.0. The maximum atomic E-state index is 12.4. The lowest BCUT2D eigenvalue weighted by Crippen LogP contribution is -2.44. The lowest BCUT2D eigenvalue weighted by Gasteiger charge is -2.14. The number of Topliss-reactive ketones (excluding diaryl/α,β-unsaturated/α-hetero) is 1. The lowest BCUT2D eigenvalue weighted by molar-refractivity contribution is -0.141. The number of nitrogens with two attached hydrogens (primary N) is 1. The van der Waals surface area contributed by atoms with Crippen LogP contribution in [0.25, 0.3) is 0 Å². The molecule has 0 bridgehead atoms. The first-order valence-electron chi connectivity index (χ1n) is 9.63. The Balaban J connectivity index is 4.87. The summed E-state index contributed by atoms with van der Waals surface area (Å²) in [7, 11) is 0. The van der Waals surface area contributed by atoms with Crippen molar-refractivity contribution in [1.82, 2.24) is 10.6 Å². The van der Waals surface area contributed by atoms with Crippen LogP contribution in [0.3, 0.4) is 0 Å². The number of carbonyl (C=O) groups is 5. The topological polar surface area (TPSA) is 176 Å². The molecule has 0 aliphatic heterocycles. The summed E-state index contributed by atoms with van der Waals surface area (Å²) < 4.78 is 0. The molecule has 0 aliphatic carbocycles. The second-order valence-electron chi connectivity index (χ2n) is 6.84. The van der Waals surface area contributed by atoms with Gasteiger partial charge < -0.3 is 26.6 Å². The van der Waals surface area contributed by atoms with Crippen LogP contribution in [0.15, 0.2) is 24.3 Å². The molecule has 0 saturated heterocycles. The number of ketones is 1. The van der Waals surface area contributed by atoms with Crippen LogP contribution >= 0.6 is 0 Å². The van der Waals surface area contributed by atoms with Crippen LogP contribution in [0.4, 0.5) is 0 Å². The Bertz CT molecular complexity index is 688. The number of carbonyl (C=O) groups excluding carboxylic acids is 3. The third-order valence-corrected chi connectivity index (χ3v) is 4.29. The second-order valence-corrected chi connectivity index (χ2v) is 6.84. The molecule has 30 heavy (non-hydrogen) atoms. The highest BCUT2D eigenvalue weighted by Gasteiger charge is 2.19. The van der Waals surface area contributed by atoms with Crippen LogP contribution in [-0.4, -0.2) is 58.4 Å². The molecule has 0 aromatic heterocycles. The van der Waals surface area contributed by atoms with E-state index in [1.807, 2.05) is 0 Å². The lowest BCUT2D eigenvalue weighted by atomic mass is 9.93. The Kier molecular flexibility index (Phi) is 12.6. The standard InChI is InChI=1S/C20H31N3O7/c1-4-6-13(9-14(5-2)16(24)8-7-15(21)20(29)30)10-17(25)22-11-18(26)23-12(3)19(27)28/h4,9,12-13,15H,1,5-8,10-11,21H2,2-3H3,(H,22,25)(H,23,26)(H,27,28)(H,29,30)/t12-,13-,15+/m1/s1. The van der Waals surface area contributed by atoms with E-state index in [0.29, 0.717) is 18.4 Å². The highest BCUT2D eigenvalue weighted by Crippen LogP contribution is 2.18. The molecular formula is C20H31N3O7. The molecule has 10 heteroatoms. The number of allylic oxidation sites excluding steroid dienone is 3. The summed E-state index contributed by atoms with van der Waals surface area (Å²) >= 11 is 0. The van der Waals surface area contributed by atoms with Crippen LogP contribution < -0.4 is 16.4 Å². The van der Waals surface area contributed by atoms with Gasteiger partial charge in [-0.1, -0.05) is 19.1 Å². The second kappa shape index (κ2) is 14.0. The minimum atomic E-state index is -1.19. The normalized spacial score (nSPS) is 14.2. The quantitative estimate of drug-likeness (QED) is 0.185. The van der Waals surface area contributed by atoms with Crippen molar-refractivity contribution in [3.05, 3.63) is 24.3 Å². The van der Waals surface area contributed by atoms with Gasteiger partial charge in [0.15, 0.2) is 5.78 Å². The minimum Gasteiger partial charge on any atom is -0.480 e. The molecule has 168 valence electrons. The number of amides is 2. The fraction of sp³-hybridized carbons (Fsp3) is 0.550. The predicted octanol–water partition coefficient (Wildman–Crippen LogP) is 0.372. The molecule has 6 N–H and O–H groups in total. The molecule has 3 atom stereocenters. The third kappa shape index (κ3) is 11.1. The van der Waals surface area contributed by atoms with Crippen molar-refractivity contribution in [2.45, 2.75) is 58.0 Å². The summed E-state index contributed by atoms with van der Waals surface area (Å²) in [6.07, 6.45) is 4.10. The molecule has 0 aromatic carbocycles. The van der Waals surface area contributed by atoms with Gasteiger partial charge in [0, 0.05) is 12.8 Å². The molecule has 0 aromatic rings. The van der Waals surface area contributed by atoms with Crippen molar-refractivity contribution in [2.24, 2.45) is 11.7 Å². The van der Waals surface area contributed by atoms with Gasteiger partial charge in [0.05, 0.1) is 6.54 Å². The van der Waals surface area contributed by atoms with Gasteiger partial charge in [0.2, 0.25) is 11.8 Å². The first kappa shape index (κ1) is 27.0. The van der Waals surface area contributed by atoms with E-state index >= 15 is 0 Å². The van der Waals surface area contributed by atoms with Gasteiger partial charge >= 0.3 is 11.9 Å². The Morgan fingerprint density at radius 3 is 2.23 bits per heavy atom. The zero-order chi connectivity index (χ0) is 23.3. The fourth-order valence-electron chi connectivity index (χ4n) is 2.53. The zero-order valence-corrected chi connectivity index (χ0v) is 17.3. The van der Waals surface area contributed by atoms with Crippen molar-refractivity contribution >= 4 is 29.5 Å². The summed E-state index contributed by atoms with van der Waals surface area (Å²) in [5, 5.41) is 22.2. The molecular weight excluding hydrogens is 394 g/mol. The molecule has 0 fully saturated rings. The fourth-order valence-corrected chi connectivity index (χ4v) is 2.53. The molecule has 0 aliphatic rings. The van der Waals surface area contributed by atoms with E-state index < -0.39 is 35.8 Å². The Hall–Kier alpha value is -3.01. The minimum absolute atomic E-state index is 0.000790. The van der Waals surface area contributed by atoms with Gasteiger partial charge in [-0.3, -0.25) is 24.0 Å². The number of aliphatic carboxylic acids is 2. The monoisotopic (exact) mass is 425 g/mol. The van der Waals surface area contributed by atoms with Crippen LogP contribution in [0.5, 0.6) is 0 Å². The van der Waals surface area contributed by atoms with Crippen LogP contribution in [0.2, 0.25) is 0 Å². The Morgan fingerprint density at radius 2 is 1.73 bits per heavy atom. The number of carboxylic acid groups (broad SMARTS) is 2. The van der Waals surface area contributed by atoms with Crippen molar-refractivity contribution in [2.75, 3.05) is 6.54 Å². The van der Waals surface area contributed by atoms with Gasteiger partial charge in [0.1, 0.15) is 12.1 Å². The van der Waals surface area contributed by atoms with Crippen molar-refractivity contribution in [3.8, 4) is 0 Å². The van der Waals surface area contributed by atoms with E-state index in [-0.39, 0.29) is 37.5 Å². The molecule has 2 amide bonds. The highest BCUT2D eigenvalue weighted by atomic mass is 16.4. The van der Waals surface area contributed by atoms with Crippen molar-refractivity contribution in [1.29, 1.82) is 0 Å². The highest BCUT2D eigenvalue weighted by molar-refractivity contribution is 5.95. The summed E-state index contributed by atoms with van der Waals surface area (Å²) in [4.78, 5) is 57.6. The molecule has 0 radical (unpaired) electrons. The summed E-state index contributed by atoms with van der Waals surface area (Å²) in [6, 6.07) is -2.19. The first-order valence-corrected chi connectivity index (χ1v) is 9.63. The van der Waals surface area contributed by atoms with E-state index in [4.69, 9.17) is 15.9 Å². The smallest absolute Gasteiger partial charge is 0.325 e. The predicted molar refractivity (Wildman–Crippen MR) is 109 cm³/mol. The summed E-state index contributed by atoms with van der Waals surface area (Å²) in [5.74, 6) is -4.00. The summed E-state index contributed by atoms with van der Waals surface area (Å²) in [6.45, 7) is 6.36. The number of hydrogen-bond donors (Lipinski definition) is 5. The van der Waals surface area contributed by atoms with Gasteiger partial charge in [0.25, 0.3) is 0 Å². The average Bonchev–Trinajstić information content (AvgIpc) is 2.67. The van der Waals surface area contributed by atoms with E-state index in [2.05, 4.69) is 17.2 Å². The molecule has 0 spiro atoms. The third-order valence-electron chi connectivity index (χ3n) is 4.29. The molecule has 0 heterocycles. The molecule has 0 rings (SSSR count). The molecule has 10 nitrogen and oxygen atoms in total. The average molecular weight is 425 g/mol. The Morgan fingerprint density at radius 1 is 1.10 bits per heavy atom. The van der Waals surface area contributed by atoms with Gasteiger partial charge in [-0.2, -0.15) is 0 Å². The van der Waals surface area contributed by atoms with Gasteiger partial charge in [-0.05, 0) is 37.7 Å². The Labute approximate surface area is 175 Å². The maximum absolute atomic E-state index is 12.4. The van der Waals surface area contributed by atoms with Crippen LogP contribution in [0.1, 0.15) is 46.0 Å². The van der Waals surface area contributed by atoms with E-state index in [9.17, 15) is 24.0 Å². The van der Waals surface area contributed by atoms with Crippen molar-refractivity contribution in [3.63, 3.8) is 0 Å². The number of rotatable bonds is 15. The van der Waals surface area contributed by atoms with E-state index in [0.717, 1.165) is 0 Å². The number of hydrogen-bond acceptors (Lipinski definition) is 6. The summed E-state index contributed by atoms with van der Waals surface area (Å²) in [5.41, 5.74) is 5.90. The van der Waals surface area contributed by atoms with Gasteiger partial charge in [-0.15, -0.1) is 6.58 Å². The van der Waals surface area contributed by atoms with E-state index in [1.54, 1.807) is 19.1 Å². The SMILES string of the molecule is C=CC[C@H](C=C(CC)C(=O)CC[C@H](N)C(=O)O)CC(=O)NCC(=O)N[C@H](C)C(=O)O. The maximum Gasteiger partial charge on any atom is 0.325 e. The van der Waals surface area contributed by atoms with Crippen LogP contribution in [-0.2, 0) is 24.0 Å². The van der Waals surface area contributed by atoms with E-state index in [1.165, 1.54) is 6.92 Å². The number of carboxylic acids is 2. The number of nitrogens with one attached hydrogen (secondary N) is 2. The molecule has 0 unspecified atom stereocenters. The largest absolute Gasteiger partial charge is 0.480 e. The zero-order valence-electron chi connectivity index (χ0n) is 17.3. The molecule has 0 saturated carbocycles.